The molecule has 2 amide bonds. The summed E-state index contributed by atoms with van der Waals surface area (Å²) in [5.41, 5.74) is 2.19. The van der Waals surface area contributed by atoms with Crippen LogP contribution in [0, 0.1) is 11.3 Å². The quantitative estimate of drug-likeness (QED) is 0.700. The zero-order chi connectivity index (χ0) is 20.3. The largest absolute Gasteiger partial charge is 0.494 e. The fourth-order valence-electron chi connectivity index (χ4n) is 4.13. The maximum absolute atomic E-state index is 12.6. The van der Waals surface area contributed by atoms with Crippen LogP contribution >= 0.6 is 0 Å². The lowest BCUT2D eigenvalue weighted by Crippen LogP contribution is -2.31. The zero-order valence-corrected chi connectivity index (χ0v) is 16.7. The van der Waals surface area contributed by atoms with Gasteiger partial charge in [0.25, 0.3) is 5.91 Å². The van der Waals surface area contributed by atoms with Crippen molar-refractivity contribution in [1.82, 2.24) is 5.32 Å². The number of carbonyl (C=O) groups excluding carboxylic acids is 2. The lowest BCUT2D eigenvalue weighted by Gasteiger charge is -2.23. The zero-order valence-electron chi connectivity index (χ0n) is 16.7. The van der Waals surface area contributed by atoms with Crippen molar-refractivity contribution in [2.45, 2.75) is 26.2 Å². The van der Waals surface area contributed by atoms with Crippen LogP contribution in [0.25, 0.3) is 0 Å². The van der Waals surface area contributed by atoms with Gasteiger partial charge in [-0.25, -0.2) is 0 Å². The number of ether oxygens (including phenoxy) is 1. The maximum atomic E-state index is 12.6. The van der Waals surface area contributed by atoms with E-state index >= 15 is 0 Å². The van der Waals surface area contributed by atoms with Gasteiger partial charge in [-0.05, 0) is 93.2 Å². The highest BCUT2D eigenvalue weighted by Gasteiger charge is 2.57. The molecule has 152 valence electrons. The summed E-state index contributed by atoms with van der Waals surface area (Å²) in [4.78, 5) is 25.0. The SMILES string of the molecule is CCOc1ccc(NC(=O)c2ccc(NC(=O)C3CC34CCNCC4)cc2)cc1. The molecular formula is C23H27N3O3. The Kier molecular flexibility index (Phi) is 5.53. The predicted molar refractivity (Wildman–Crippen MR) is 113 cm³/mol. The summed E-state index contributed by atoms with van der Waals surface area (Å²) in [5, 5.41) is 9.23. The van der Waals surface area contributed by atoms with Crippen molar-refractivity contribution < 1.29 is 14.3 Å². The van der Waals surface area contributed by atoms with Gasteiger partial charge in [-0.3, -0.25) is 9.59 Å². The average molecular weight is 393 g/mol. The topological polar surface area (TPSA) is 79.5 Å². The Bertz CT molecular complexity index is 871. The summed E-state index contributed by atoms with van der Waals surface area (Å²) in [6.07, 6.45) is 3.15. The second kappa shape index (κ2) is 8.25. The molecule has 6 heteroatoms. The molecule has 4 rings (SSSR count). The summed E-state index contributed by atoms with van der Waals surface area (Å²) < 4.78 is 5.40. The first-order chi connectivity index (χ1) is 14.1. The van der Waals surface area contributed by atoms with Gasteiger partial charge < -0.3 is 20.7 Å². The monoisotopic (exact) mass is 393 g/mol. The van der Waals surface area contributed by atoms with Gasteiger partial charge in [-0.15, -0.1) is 0 Å². The third kappa shape index (κ3) is 4.43. The second-order valence-corrected chi connectivity index (χ2v) is 7.85. The third-order valence-corrected chi connectivity index (χ3v) is 5.94. The molecule has 1 atom stereocenters. The number of carbonyl (C=O) groups is 2. The minimum atomic E-state index is -0.192. The van der Waals surface area contributed by atoms with Crippen LogP contribution in [0.15, 0.2) is 48.5 Å². The highest BCUT2D eigenvalue weighted by molar-refractivity contribution is 6.04. The first-order valence-corrected chi connectivity index (χ1v) is 10.3. The summed E-state index contributed by atoms with van der Waals surface area (Å²) in [5.74, 6) is 0.793. The molecule has 6 nitrogen and oxygen atoms in total. The van der Waals surface area contributed by atoms with Crippen molar-refractivity contribution in [2.75, 3.05) is 30.3 Å². The van der Waals surface area contributed by atoms with Crippen LogP contribution in [-0.4, -0.2) is 31.5 Å². The number of hydrogen-bond acceptors (Lipinski definition) is 4. The van der Waals surface area contributed by atoms with Crippen LogP contribution < -0.4 is 20.7 Å². The van der Waals surface area contributed by atoms with Crippen molar-refractivity contribution in [3.8, 4) is 5.75 Å². The summed E-state index contributed by atoms with van der Waals surface area (Å²) in [7, 11) is 0. The Hall–Kier alpha value is -2.86. The molecule has 1 unspecified atom stereocenters. The first-order valence-electron chi connectivity index (χ1n) is 10.3. The van der Waals surface area contributed by atoms with Crippen LogP contribution in [0.4, 0.5) is 11.4 Å². The molecule has 1 saturated heterocycles. The van der Waals surface area contributed by atoms with E-state index in [0.717, 1.165) is 43.8 Å². The Morgan fingerprint density at radius 2 is 1.62 bits per heavy atom. The fraction of sp³-hybridized carbons (Fsp3) is 0.391. The van der Waals surface area contributed by atoms with E-state index in [1.165, 1.54) is 0 Å². The minimum Gasteiger partial charge on any atom is -0.494 e. The van der Waals surface area contributed by atoms with Crippen molar-refractivity contribution in [1.29, 1.82) is 0 Å². The standard InChI is InChI=1S/C23H27N3O3/c1-2-29-19-9-7-18(8-10-19)25-21(27)16-3-5-17(6-4-16)26-22(28)20-15-23(20)11-13-24-14-12-23/h3-10,20,24H,2,11-15H2,1H3,(H,25,27)(H,26,28). The Morgan fingerprint density at radius 3 is 2.28 bits per heavy atom. The lowest BCUT2D eigenvalue weighted by atomic mass is 9.92. The first kappa shape index (κ1) is 19.5. The van der Waals surface area contributed by atoms with Gasteiger partial charge >= 0.3 is 0 Å². The molecule has 0 radical (unpaired) electrons. The number of rotatable bonds is 6. The Morgan fingerprint density at radius 1 is 1.00 bits per heavy atom. The highest BCUT2D eigenvalue weighted by Crippen LogP contribution is 2.58. The summed E-state index contributed by atoms with van der Waals surface area (Å²) >= 11 is 0. The van der Waals surface area contributed by atoms with E-state index in [1.807, 2.05) is 31.2 Å². The summed E-state index contributed by atoms with van der Waals surface area (Å²) in [6, 6.07) is 14.3. The van der Waals surface area contributed by atoms with Gasteiger partial charge in [0, 0.05) is 22.9 Å². The number of amides is 2. The number of hydrogen-bond donors (Lipinski definition) is 3. The molecule has 2 aromatic carbocycles. The molecule has 3 N–H and O–H groups in total. The van der Waals surface area contributed by atoms with Crippen LogP contribution in [0.1, 0.15) is 36.5 Å². The highest BCUT2D eigenvalue weighted by atomic mass is 16.5. The van der Waals surface area contributed by atoms with Crippen molar-refractivity contribution >= 4 is 23.2 Å². The predicted octanol–water partition coefficient (Wildman–Crippen LogP) is 3.67. The third-order valence-electron chi connectivity index (χ3n) is 5.94. The molecule has 1 aliphatic carbocycles. The molecule has 1 spiro atoms. The van der Waals surface area contributed by atoms with Gasteiger partial charge in [0.1, 0.15) is 5.75 Å². The van der Waals surface area contributed by atoms with E-state index in [1.54, 1.807) is 24.3 Å². The van der Waals surface area contributed by atoms with Crippen molar-refractivity contribution in [3.63, 3.8) is 0 Å². The summed E-state index contributed by atoms with van der Waals surface area (Å²) in [6.45, 7) is 4.54. The molecule has 2 fully saturated rings. The molecule has 29 heavy (non-hydrogen) atoms. The molecule has 1 saturated carbocycles. The smallest absolute Gasteiger partial charge is 0.255 e. The normalized spacial score (nSPS) is 19.4. The van der Waals surface area contributed by atoms with E-state index < -0.39 is 0 Å². The van der Waals surface area contributed by atoms with Crippen LogP contribution in [0.3, 0.4) is 0 Å². The van der Waals surface area contributed by atoms with Gasteiger partial charge in [0.2, 0.25) is 5.91 Å². The van der Waals surface area contributed by atoms with E-state index in [0.29, 0.717) is 17.9 Å². The lowest BCUT2D eigenvalue weighted by molar-refractivity contribution is -0.118. The van der Waals surface area contributed by atoms with E-state index in [9.17, 15) is 9.59 Å². The number of anilines is 2. The maximum Gasteiger partial charge on any atom is 0.255 e. The fourth-order valence-corrected chi connectivity index (χ4v) is 4.13. The van der Waals surface area contributed by atoms with E-state index in [4.69, 9.17) is 4.74 Å². The molecule has 1 heterocycles. The number of benzene rings is 2. The molecule has 1 aliphatic heterocycles. The van der Waals surface area contributed by atoms with Crippen LogP contribution in [-0.2, 0) is 4.79 Å². The molecule has 2 aromatic rings. The molecule has 0 aromatic heterocycles. The number of piperidine rings is 1. The van der Waals surface area contributed by atoms with Crippen molar-refractivity contribution in [2.24, 2.45) is 11.3 Å². The average Bonchev–Trinajstić information content (AvgIpc) is 3.43. The minimum absolute atomic E-state index is 0.0958. The van der Waals surface area contributed by atoms with Gasteiger partial charge in [0.15, 0.2) is 0 Å². The van der Waals surface area contributed by atoms with Crippen LogP contribution in [0.2, 0.25) is 0 Å². The van der Waals surface area contributed by atoms with Gasteiger partial charge in [-0.1, -0.05) is 0 Å². The van der Waals surface area contributed by atoms with E-state index in [2.05, 4.69) is 16.0 Å². The van der Waals surface area contributed by atoms with Gasteiger partial charge in [0.05, 0.1) is 6.61 Å². The second-order valence-electron chi connectivity index (χ2n) is 7.85. The Labute approximate surface area is 171 Å². The van der Waals surface area contributed by atoms with E-state index in [-0.39, 0.29) is 23.1 Å². The van der Waals surface area contributed by atoms with Crippen molar-refractivity contribution in [3.05, 3.63) is 54.1 Å². The number of nitrogens with one attached hydrogen (secondary N) is 3. The molecule has 2 aliphatic rings. The molecule has 0 bridgehead atoms. The Balaban J connectivity index is 1.31. The van der Waals surface area contributed by atoms with Gasteiger partial charge in [-0.2, -0.15) is 0 Å². The van der Waals surface area contributed by atoms with Crippen LogP contribution in [0.5, 0.6) is 5.75 Å². The molecular weight excluding hydrogens is 366 g/mol.